The van der Waals surface area contributed by atoms with Gasteiger partial charge in [0.15, 0.2) is 0 Å². The summed E-state index contributed by atoms with van der Waals surface area (Å²) in [5.74, 6) is 1.62. The lowest BCUT2D eigenvalue weighted by molar-refractivity contribution is -0.128. The number of hydrogen-bond acceptors (Lipinski definition) is 5. The van der Waals surface area contributed by atoms with Gasteiger partial charge >= 0.3 is 6.01 Å². The van der Waals surface area contributed by atoms with Gasteiger partial charge in [0.2, 0.25) is 11.8 Å². The molecule has 1 amide bonds. The molecule has 0 unspecified atom stereocenters. The Labute approximate surface area is 131 Å². The highest BCUT2D eigenvalue weighted by atomic mass is 16.4. The molecule has 3 rings (SSSR count). The summed E-state index contributed by atoms with van der Waals surface area (Å²) in [6.07, 6.45) is 3.92. The van der Waals surface area contributed by atoms with E-state index >= 15 is 0 Å². The van der Waals surface area contributed by atoms with Gasteiger partial charge in [-0.25, -0.2) is 0 Å². The van der Waals surface area contributed by atoms with Crippen molar-refractivity contribution in [1.82, 2.24) is 15.1 Å². The molecule has 0 aliphatic carbocycles. The molecule has 2 fully saturated rings. The third-order valence-electron chi connectivity index (χ3n) is 4.59. The van der Waals surface area contributed by atoms with Crippen molar-refractivity contribution in [3.05, 3.63) is 5.89 Å². The zero-order chi connectivity index (χ0) is 15.7. The SMILES string of the molecule is CC(C)(C)c1nnc(N2CCC(CN3CCCC3=O)CC2)o1. The van der Waals surface area contributed by atoms with E-state index in [0.717, 1.165) is 51.9 Å². The molecule has 2 aliphatic heterocycles. The lowest BCUT2D eigenvalue weighted by Gasteiger charge is -2.32. The minimum absolute atomic E-state index is 0.111. The largest absolute Gasteiger partial charge is 0.407 e. The smallest absolute Gasteiger partial charge is 0.318 e. The number of aromatic nitrogens is 2. The molecule has 2 aliphatic rings. The highest BCUT2D eigenvalue weighted by molar-refractivity contribution is 5.78. The van der Waals surface area contributed by atoms with E-state index in [1.165, 1.54) is 0 Å². The van der Waals surface area contributed by atoms with Crippen molar-refractivity contribution in [2.75, 3.05) is 31.1 Å². The second kappa shape index (κ2) is 5.89. The summed E-state index contributed by atoms with van der Waals surface area (Å²) in [6, 6.07) is 0.639. The molecule has 0 spiro atoms. The van der Waals surface area contributed by atoms with Gasteiger partial charge in [-0.3, -0.25) is 4.79 Å². The van der Waals surface area contributed by atoms with Gasteiger partial charge in [0.05, 0.1) is 0 Å². The van der Waals surface area contributed by atoms with Gasteiger partial charge in [0.25, 0.3) is 0 Å². The van der Waals surface area contributed by atoms with Gasteiger partial charge in [-0.05, 0) is 25.2 Å². The average Bonchev–Trinajstić information content (AvgIpc) is 3.09. The summed E-state index contributed by atoms with van der Waals surface area (Å²) in [6.45, 7) is 9.94. The van der Waals surface area contributed by atoms with Gasteiger partial charge < -0.3 is 14.2 Å². The van der Waals surface area contributed by atoms with Gasteiger partial charge in [0.1, 0.15) is 0 Å². The standard InChI is InChI=1S/C16H26N4O2/c1-16(2,3)14-17-18-15(22-14)19-9-6-12(7-10-19)11-20-8-4-5-13(20)21/h12H,4-11H2,1-3H3. The first-order valence-corrected chi connectivity index (χ1v) is 8.30. The molecule has 0 saturated carbocycles. The van der Waals surface area contributed by atoms with Crippen LogP contribution in [0.25, 0.3) is 0 Å². The van der Waals surface area contributed by atoms with Crippen molar-refractivity contribution < 1.29 is 9.21 Å². The molecule has 0 radical (unpaired) electrons. The molecule has 3 heterocycles. The Hall–Kier alpha value is -1.59. The second-order valence-electron chi connectivity index (χ2n) is 7.51. The van der Waals surface area contributed by atoms with Gasteiger partial charge in [-0.15, -0.1) is 5.10 Å². The quantitative estimate of drug-likeness (QED) is 0.856. The number of carbonyl (C=O) groups is 1. The van der Waals surface area contributed by atoms with E-state index in [1.54, 1.807) is 0 Å². The highest BCUT2D eigenvalue weighted by Gasteiger charge is 2.29. The fourth-order valence-corrected chi connectivity index (χ4v) is 3.16. The van der Waals surface area contributed by atoms with Crippen LogP contribution < -0.4 is 4.90 Å². The number of hydrogen-bond donors (Lipinski definition) is 0. The average molecular weight is 306 g/mol. The lowest BCUT2D eigenvalue weighted by Crippen LogP contribution is -2.39. The van der Waals surface area contributed by atoms with Crippen LogP contribution in [0.4, 0.5) is 6.01 Å². The maximum absolute atomic E-state index is 11.7. The third kappa shape index (κ3) is 3.25. The summed E-state index contributed by atoms with van der Waals surface area (Å²) in [5, 5.41) is 8.35. The molecule has 2 saturated heterocycles. The molecule has 0 aromatic carbocycles. The van der Waals surface area contributed by atoms with Crippen LogP contribution in [-0.4, -0.2) is 47.2 Å². The Morgan fingerprint density at radius 1 is 1.18 bits per heavy atom. The number of anilines is 1. The van der Waals surface area contributed by atoms with E-state index < -0.39 is 0 Å². The number of likely N-dealkylation sites (tertiary alicyclic amines) is 1. The first-order chi connectivity index (χ1) is 10.4. The normalized spacial score (nSPS) is 21.0. The van der Waals surface area contributed by atoms with Crippen LogP contribution in [0.15, 0.2) is 4.42 Å². The van der Waals surface area contributed by atoms with E-state index in [-0.39, 0.29) is 5.41 Å². The van der Waals surface area contributed by atoms with E-state index in [4.69, 9.17) is 4.42 Å². The summed E-state index contributed by atoms with van der Waals surface area (Å²) >= 11 is 0. The Bertz CT molecular complexity index is 526. The Morgan fingerprint density at radius 3 is 2.45 bits per heavy atom. The van der Waals surface area contributed by atoms with Crippen LogP contribution >= 0.6 is 0 Å². The first kappa shape index (κ1) is 15.3. The van der Waals surface area contributed by atoms with Crippen LogP contribution in [-0.2, 0) is 10.2 Å². The first-order valence-electron chi connectivity index (χ1n) is 8.30. The Balaban J connectivity index is 1.53. The van der Waals surface area contributed by atoms with Gasteiger partial charge in [-0.1, -0.05) is 25.9 Å². The van der Waals surface area contributed by atoms with Crippen LogP contribution in [0.5, 0.6) is 0 Å². The number of piperidine rings is 1. The molecule has 122 valence electrons. The predicted molar refractivity (Wildman–Crippen MR) is 83.7 cm³/mol. The lowest BCUT2D eigenvalue weighted by atomic mass is 9.96. The highest BCUT2D eigenvalue weighted by Crippen LogP contribution is 2.27. The topological polar surface area (TPSA) is 62.5 Å². The van der Waals surface area contributed by atoms with E-state index in [1.807, 2.05) is 4.90 Å². The molecule has 22 heavy (non-hydrogen) atoms. The minimum Gasteiger partial charge on any atom is -0.407 e. The van der Waals surface area contributed by atoms with Crippen molar-refractivity contribution in [3.8, 4) is 0 Å². The molecule has 1 aromatic heterocycles. The van der Waals surface area contributed by atoms with E-state index in [0.29, 0.717) is 23.7 Å². The fraction of sp³-hybridized carbons (Fsp3) is 0.812. The van der Waals surface area contributed by atoms with Crippen LogP contribution in [0.3, 0.4) is 0 Å². The number of carbonyl (C=O) groups excluding carboxylic acids is 1. The summed E-state index contributed by atoms with van der Waals surface area (Å²) < 4.78 is 5.81. The summed E-state index contributed by atoms with van der Waals surface area (Å²) in [7, 11) is 0. The second-order valence-corrected chi connectivity index (χ2v) is 7.51. The molecule has 1 aromatic rings. The Morgan fingerprint density at radius 2 is 1.91 bits per heavy atom. The minimum atomic E-state index is -0.111. The Kier molecular flexibility index (Phi) is 4.10. The maximum atomic E-state index is 11.7. The maximum Gasteiger partial charge on any atom is 0.318 e. The number of amides is 1. The molecule has 6 heteroatoms. The van der Waals surface area contributed by atoms with Crippen molar-refractivity contribution in [3.63, 3.8) is 0 Å². The van der Waals surface area contributed by atoms with Crippen LogP contribution in [0, 0.1) is 5.92 Å². The molecule has 0 atom stereocenters. The predicted octanol–water partition coefficient (Wildman–Crippen LogP) is 2.21. The molecule has 6 nitrogen and oxygen atoms in total. The molecular formula is C16H26N4O2. The van der Waals surface area contributed by atoms with E-state index in [9.17, 15) is 4.79 Å². The zero-order valence-corrected chi connectivity index (χ0v) is 13.8. The molecule has 0 N–H and O–H groups in total. The molecular weight excluding hydrogens is 280 g/mol. The zero-order valence-electron chi connectivity index (χ0n) is 13.8. The number of rotatable bonds is 3. The molecule has 0 bridgehead atoms. The fourth-order valence-electron chi connectivity index (χ4n) is 3.16. The van der Waals surface area contributed by atoms with Gasteiger partial charge in [0, 0.05) is 38.0 Å². The van der Waals surface area contributed by atoms with Crippen LogP contribution in [0.1, 0.15) is 52.3 Å². The summed E-state index contributed by atoms with van der Waals surface area (Å²) in [5.41, 5.74) is -0.111. The monoisotopic (exact) mass is 306 g/mol. The number of nitrogens with zero attached hydrogens (tertiary/aromatic N) is 4. The van der Waals surface area contributed by atoms with Crippen molar-refractivity contribution in [2.45, 2.75) is 51.9 Å². The van der Waals surface area contributed by atoms with Crippen molar-refractivity contribution >= 4 is 11.9 Å². The summed E-state index contributed by atoms with van der Waals surface area (Å²) in [4.78, 5) is 15.9. The van der Waals surface area contributed by atoms with Gasteiger partial charge in [-0.2, -0.15) is 0 Å². The van der Waals surface area contributed by atoms with Crippen molar-refractivity contribution in [2.24, 2.45) is 5.92 Å². The van der Waals surface area contributed by atoms with E-state index in [2.05, 4.69) is 35.9 Å². The van der Waals surface area contributed by atoms with Crippen molar-refractivity contribution in [1.29, 1.82) is 0 Å². The van der Waals surface area contributed by atoms with Crippen LogP contribution in [0.2, 0.25) is 0 Å². The third-order valence-corrected chi connectivity index (χ3v) is 4.59.